The first-order chi connectivity index (χ1) is 9.47. The number of carbonyl (C=O) groups is 3. The van der Waals surface area contributed by atoms with Crippen molar-refractivity contribution >= 4 is 17.8 Å². The molecule has 1 unspecified atom stereocenters. The van der Waals surface area contributed by atoms with E-state index in [-0.39, 0.29) is 24.8 Å². The van der Waals surface area contributed by atoms with E-state index in [1.165, 1.54) is 30.5 Å². The minimum absolute atomic E-state index is 0.0455. The minimum atomic E-state index is -1.04. The summed E-state index contributed by atoms with van der Waals surface area (Å²) in [5.74, 6) is -1.70. The van der Waals surface area contributed by atoms with E-state index >= 15 is 0 Å². The predicted molar refractivity (Wildman–Crippen MR) is 70.1 cm³/mol. The Bertz CT molecular complexity index is 469. The van der Waals surface area contributed by atoms with Crippen LogP contribution in [0.25, 0.3) is 0 Å². The maximum atomic E-state index is 11.8. The monoisotopic (exact) mass is 282 g/mol. The van der Waals surface area contributed by atoms with E-state index in [1.807, 2.05) is 0 Å². The number of furan rings is 1. The molecule has 0 fully saturated rings. The molecule has 7 nitrogen and oxygen atoms in total. The minimum Gasteiger partial charge on any atom is -0.480 e. The molecule has 0 spiro atoms. The maximum Gasteiger partial charge on any atom is 0.326 e. The van der Waals surface area contributed by atoms with Gasteiger partial charge in [-0.25, -0.2) is 4.79 Å². The quantitative estimate of drug-likeness (QED) is 0.767. The second kappa shape index (κ2) is 7.32. The molecule has 0 saturated heterocycles. The van der Waals surface area contributed by atoms with Gasteiger partial charge in [0.1, 0.15) is 12.3 Å². The van der Waals surface area contributed by atoms with E-state index in [1.54, 1.807) is 6.92 Å². The summed E-state index contributed by atoms with van der Waals surface area (Å²) in [4.78, 5) is 35.5. The van der Waals surface area contributed by atoms with Crippen LogP contribution in [0, 0.1) is 0 Å². The van der Waals surface area contributed by atoms with Gasteiger partial charge in [0, 0.05) is 20.0 Å². The van der Waals surface area contributed by atoms with Crippen LogP contribution in [0.15, 0.2) is 23.0 Å². The molecule has 0 aliphatic rings. The number of carbonyl (C=O) groups excluding carboxylic acids is 2. The van der Waals surface area contributed by atoms with Gasteiger partial charge in [-0.2, -0.15) is 0 Å². The number of nitrogens with one attached hydrogen (secondary N) is 1. The first-order valence-corrected chi connectivity index (χ1v) is 6.26. The summed E-state index contributed by atoms with van der Waals surface area (Å²) < 4.78 is 4.77. The van der Waals surface area contributed by atoms with Crippen molar-refractivity contribution in [3.8, 4) is 0 Å². The lowest BCUT2D eigenvalue weighted by molar-refractivity contribution is -0.149. The average Bonchev–Trinajstić information content (AvgIpc) is 2.92. The van der Waals surface area contributed by atoms with Crippen LogP contribution in [0.4, 0.5) is 0 Å². The number of hydrogen-bond acceptors (Lipinski definition) is 4. The Balaban J connectivity index is 2.39. The zero-order chi connectivity index (χ0) is 15.1. The van der Waals surface area contributed by atoms with Crippen molar-refractivity contribution in [3.05, 3.63) is 24.2 Å². The molecule has 1 atom stereocenters. The van der Waals surface area contributed by atoms with Crippen LogP contribution in [0.3, 0.4) is 0 Å². The number of likely N-dealkylation sites (N-methyl/N-ethyl adjacent to an activating group) is 1. The first kappa shape index (κ1) is 15.7. The number of carboxylic acids is 1. The number of carboxylic acid groups (broad SMARTS) is 1. The first-order valence-electron chi connectivity index (χ1n) is 6.26. The third kappa shape index (κ3) is 4.11. The van der Waals surface area contributed by atoms with Gasteiger partial charge in [-0.1, -0.05) is 6.92 Å². The molecule has 20 heavy (non-hydrogen) atoms. The van der Waals surface area contributed by atoms with Gasteiger partial charge in [0.15, 0.2) is 0 Å². The fraction of sp³-hybridized carbons (Fsp3) is 0.462. The topological polar surface area (TPSA) is 99.9 Å². The molecular formula is C13H18N2O5. The lowest BCUT2D eigenvalue weighted by Gasteiger charge is -2.23. The van der Waals surface area contributed by atoms with E-state index in [9.17, 15) is 14.4 Å². The molecule has 0 saturated carbocycles. The van der Waals surface area contributed by atoms with E-state index in [2.05, 4.69) is 5.32 Å². The largest absolute Gasteiger partial charge is 0.480 e. The average molecular weight is 282 g/mol. The van der Waals surface area contributed by atoms with Crippen molar-refractivity contribution in [1.82, 2.24) is 10.2 Å². The van der Waals surface area contributed by atoms with Gasteiger partial charge in [0.05, 0.1) is 11.8 Å². The van der Waals surface area contributed by atoms with E-state index in [0.717, 1.165) is 0 Å². The Kier molecular flexibility index (Phi) is 5.76. The van der Waals surface area contributed by atoms with Crippen LogP contribution >= 0.6 is 0 Å². The highest BCUT2D eigenvalue weighted by Crippen LogP contribution is 2.04. The molecular weight excluding hydrogens is 264 g/mol. The molecule has 0 bridgehead atoms. The molecule has 0 aliphatic carbocycles. The molecule has 110 valence electrons. The molecule has 1 heterocycles. The number of rotatable bonds is 7. The summed E-state index contributed by atoms with van der Waals surface area (Å²) in [7, 11) is 1.45. The summed E-state index contributed by atoms with van der Waals surface area (Å²) in [5.41, 5.74) is 0.378. The Morgan fingerprint density at radius 3 is 2.65 bits per heavy atom. The lowest BCUT2D eigenvalue weighted by atomic mass is 10.2. The number of nitrogens with zero attached hydrogens (tertiary/aromatic N) is 1. The van der Waals surface area contributed by atoms with E-state index in [4.69, 9.17) is 9.52 Å². The predicted octanol–water partition coefficient (Wildman–Crippen LogP) is 0.721. The Labute approximate surface area is 116 Å². The molecule has 1 aromatic rings. The molecule has 1 aromatic heterocycles. The van der Waals surface area contributed by atoms with Crippen LogP contribution in [-0.4, -0.2) is 47.4 Å². The van der Waals surface area contributed by atoms with Crippen LogP contribution in [0.1, 0.15) is 30.1 Å². The maximum absolute atomic E-state index is 11.8. The third-order valence-corrected chi connectivity index (χ3v) is 2.94. The molecule has 0 aromatic carbocycles. The summed E-state index contributed by atoms with van der Waals surface area (Å²) >= 11 is 0. The summed E-state index contributed by atoms with van der Waals surface area (Å²) in [5, 5.41) is 11.5. The molecule has 2 N–H and O–H groups in total. The van der Waals surface area contributed by atoms with Gasteiger partial charge >= 0.3 is 5.97 Å². The van der Waals surface area contributed by atoms with Crippen molar-refractivity contribution in [3.63, 3.8) is 0 Å². The zero-order valence-electron chi connectivity index (χ0n) is 11.5. The number of aliphatic carboxylic acids is 1. The highest BCUT2D eigenvalue weighted by molar-refractivity contribution is 5.94. The van der Waals surface area contributed by atoms with Gasteiger partial charge in [0.25, 0.3) is 5.91 Å². The lowest BCUT2D eigenvalue weighted by Crippen LogP contribution is -2.43. The fourth-order valence-electron chi connectivity index (χ4n) is 1.74. The van der Waals surface area contributed by atoms with Gasteiger partial charge in [-0.05, 0) is 12.5 Å². The van der Waals surface area contributed by atoms with Crippen LogP contribution < -0.4 is 5.32 Å². The second-order valence-corrected chi connectivity index (χ2v) is 4.28. The molecule has 0 radical (unpaired) electrons. The SMILES string of the molecule is CCC(C(=O)O)N(C)C(=O)CCNC(=O)c1ccoc1. The number of hydrogen-bond donors (Lipinski definition) is 2. The molecule has 1 rings (SSSR count). The van der Waals surface area contributed by atoms with Crippen molar-refractivity contribution < 1.29 is 23.9 Å². The van der Waals surface area contributed by atoms with Gasteiger partial charge in [0.2, 0.25) is 5.91 Å². The van der Waals surface area contributed by atoms with Crippen LogP contribution in [0.5, 0.6) is 0 Å². The van der Waals surface area contributed by atoms with Crippen molar-refractivity contribution in [1.29, 1.82) is 0 Å². The molecule has 2 amide bonds. The fourth-order valence-corrected chi connectivity index (χ4v) is 1.74. The smallest absolute Gasteiger partial charge is 0.326 e. The van der Waals surface area contributed by atoms with E-state index < -0.39 is 12.0 Å². The summed E-state index contributed by atoms with van der Waals surface area (Å²) in [6.07, 6.45) is 3.07. The highest BCUT2D eigenvalue weighted by Gasteiger charge is 2.24. The third-order valence-electron chi connectivity index (χ3n) is 2.94. The number of amides is 2. The Morgan fingerprint density at radius 1 is 1.45 bits per heavy atom. The van der Waals surface area contributed by atoms with Crippen molar-refractivity contribution in [2.45, 2.75) is 25.8 Å². The Morgan fingerprint density at radius 2 is 2.15 bits per heavy atom. The van der Waals surface area contributed by atoms with Gasteiger partial charge < -0.3 is 19.7 Å². The van der Waals surface area contributed by atoms with Gasteiger partial charge in [-0.15, -0.1) is 0 Å². The summed E-state index contributed by atoms with van der Waals surface area (Å²) in [6.45, 7) is 1.84. The standard InChI is InChI=1S/C13H18N2O5/c1-3-10(13(18)19)15(2)11(16)4-6-14-12(17)9-5-7-20-8-9/h5,7-8,10H,3-4,6H2,1-2H3,(H,14,17)(H,18,19). The molecule has 0 aliphatic heterocycles. The molecule has 7 heteroatoms. The van der Waals surface area contributed by atoms with Gasteiger partial charge in [-0.3, -0.25) is 9.59 Å². The van der Waals surface area contributed by atoms with Crippen LogP contribution in [-0.2, 0) is 9.59 Å². The highest BCUT2D eigenvalue weighted by atomic mass is 16.4. The Hall–Kier alpha value is -2.31. The normalized spacial score (nSPS) is 11.7. The van der Waals surface area contributed by atoms with E-state index in [0.29, 0.717) is 12.0 Å². The van der Waals surface area contributed by atoms with Crippen molar-refractivity contribution in [2.24, 2.45) is 0 Å². The second-order valence-electron chi connectivity index (χ2n) is 4.28. The van der Waals surface area contributed by atoms with Crippen molar-refractivity contribution in [2.75, 3.05) is 13.6 Å². The van der Waals surface area contributed by atoms with Crippen LogP contribution in [0.2, 0.25) is 0 Å². The zero-order valence-corrected chi connectivity index (χ0v) is 11.5. The summed E-state index contributed by atoms with van der Waals surface area (Å²) in [6, 6.07) is 0.674.